The lowest BCUT2D eigenvalue weighted by Gasteiger charge is -1.91. The Bertz CT molecular complexity index is 408. The second-order valence-corrected chi connectivity index (χ2v) is 2.89. The lowest BCUT2D eigenvalue weighted by molar-refractivity contribution is 1.07. The molecular formula is C8H8ClN3. The topological polar surface area (TPSA) is 30.2 Å². The van der Waals surface area contributed by atoms with E-state index in [9.17, 15) is 0 Å². The molecule has 0 bridgehead atoms. The molecule has 12 heavy (non-hydrogen) atoms. The standard InChI is InChI=1S/C8H8ClN3/c1-2-6-5-12-4-3-10-7(9)8(12)11-6/h3-5H,2H2,1H3. The molecule has 2 aromatic heterocycles. The Morgan fingerprint density at radius 3 is 3.08 bits per heavy atom. The number of aromatic nitrogens is 3. The van der Waals surface area contributed by atoms with E-state index in [0.717, 1.165) is 17.8 Å². The van der Waals surface area contributed by atoms with Gasteiger partial charge in [0.25, 0.3) is 0 Å². The SMILES string of the molecule is CCc1cn2ccnc(Cl)c2n1. The average Bonchev–Trinajstić information content (AvgIpc) is 2.49. The smallest absolute Gasteiger partial charge is 0.175 e. The van der Waals surface area contributed by atoms with Crippen molar-refractivity contribution in [3.8, 4) is 0 Å². The number of aryl methyl sites for hydroxylation is 1. The van der Waals surface area contributed by atoms with Crippen LogP contribution in [0.25, 0.3) is 5.65 Å². The molecule has 0 aromatic carbocycles. The quantitative estimate of drug-likeness (QED) is 0.673. The van der Waals surface area contributed by atoms with Crippen molar-refractivity contribution >= 4 is 17.2 Å². The number of halogens is 1. The van der Waals surface area contributed by atoms with E-state index in [2.05, 4.69) is 16.9 Å². The molecule has 0 spiro atoms. The van der Waals surface area contributed by atoms with Gasteiger partial charge < -0.3 is 4.40 Å². The summed E-state index contributed by atoms with van der Waals surface area (Å²) in [5.74, 6) is 0. The number of hydrogen-bond acceptors (Lipinski definition) is 2. The number of fused-ring (bicyclic) bond motifs is 1. The largest absolute Gasteiger partial charge is 0.303 e. The van der Waals surface area contributed by atoms with E-state index >= 15 is 0 Å². The highest BCUT2D eigenvalue weighted by Crippen LogP contribution is 2.13. The first-order chi connectivity index (χ1) is 5.81. The van der Waals surface area contributed by atoms with Crippen LogP contribution in [-0.4, -0.2) is 14.4 Å². The van der Waals surface area contributed by atoms with E-state index in [0.29, 0.717) is 5.15 Å². The fourth-order valence-corrected chi connectivity index (χ4v) is 1.31. The molecule has 0 aliphatic rings. The van der Waals surface area contributed by atoms with E-state index in [-0.39, 0.29) is 0 Å². The normalized spacial score (nSPS) is 10.8. The molecule has 2 heterocycles. The van der Waals surface area contributed by atoms with Crippen LogP contribution in [0, 0.1) is 0 Å². The Kier molecular flexibility index (Phi) is 1.73. The summed E-state index contributed by atoms with van der Waals surface area (Å²) in [5, 5.41) is 0.456. The maximum absolute atomic E-state index is 5.83. The molecular weight excluding hydrogens is 174 g/mol. The summed E-state index contributed by atoms with van der Waals surface area (Å²) in [7, 11) is 0. The molecule has 2 aromatic rings. The fourth-order valence-electron chi connectivity index (χ4n) is 1.11. The Balaban J connectivity index is 2.74. The summed E-state index contributed by atoms with van der Waals surface area (Å²) in [5.41, 5.74) is 1.76. The summed E-state index contributed by atoms with van der Waals surface area (Å²) in [6, 6.07) is 0. The Morgan fingerprint density at radius 1 is 1.58 bits per heavy atom. The highest BCUT2D eigenvalue weighted by atomic mass is 35.5. The van der Waals surface area contributed by atoms with Crippen molar-refractivity contribution in [3.63, 3.8) is 0 Å². The minimum Gasteiger partial charge on any atom is -0.303 e. The molecule has 0 unspecified atom stereocenters. The van der Waals surface area contributed by atoms with E-state index in [1.54, 1.807) is 6.20 Å². The molecule has 0 atom stereocenters. The fraction of sp³-hybridized carbons (Fsp3) is 0.250. The third-order valence-electron chi connectivity index (χ3n) is 1.74. The van der Waals surface area contributed by atoms with Gasteiger partial charge in [0.15, 0.2) is 10.8 Å². The van der Waals surface area contributed by atoms with Crippen LogP contribution in [0.5, 0.6) is 0 Å². The van der Waals surface area contributed by atoms with Gasteiger partial charge in [0.1, 0.15) is 0 Å². The second-order valence-electron chi connectivity index (χ2n) is 2.53. The van der Waals surface area contributed by atoms with Crippen LogP contribution in [0.4, 0.5) is 0 Å². The summed E-state index contributed by atoms with van der Waals surface area (Å²) >= 11 is 5.83. The Morgan fingerprint density at radius 2 is 2.42 bits per heavy atom. The van der Waals surface area contributed by atoms with Crippen LogP contribution in [0.15, 0.2) is 18.6 Å². The predicted octanol–water partition coefficient (Wildman–Crippen LogP) is 1.95. The van der Waals surface area contributed by atoms with Gasteiger partial charge >= 0.3 is 0 Å². The van der Waals surface area contributed by atoms with Crippen molar-refractivity contribution in [1.29, 1.82) is 0 Å². The van der Waals surface area contributed by atoms with E-state index in [1.807, 2.05) is 16.8 Å². The van der Waals surface area contributed by atoms with Crippen LogP contribution in [-0.2, 0) is 6.42 Å². The van der Waals surface area contributed by atoms with Crippen LogP contribution >= 0.6 is 11.6 Å². The predicted molar refractivity (Wildman–Crippen MR) is 47.4 cm³/mol. The molecule has 0 fully saturated rings. The van der Waals surface area contributed by atoms with Crippen LogP contribution in [0.1, 0.15) is 12.6 Å². The van der Waals surface area contributed by atoms with E-state index < -0.39 is 0 Å². The van der Waals surface area contributed by atoms with Crippen LogP contribution in [0.2, 0.25) is 5.15 Å². The molecule has 62 valence electrons. The first kappa shape index (κ1) is 7.55. The summed E-state index contributed by atoms with van der Waals surface area (Å²) < 4.78 is 1.88. The van der Waals surface area contributed by atoms with Gasteiger partial charge in [-0.15, -0.1) is 0 Å². The second kappa shape index (κ2) is 2.75. The van der Waals surface area contributed by atoms with Gasteiger partial charge in [0.2, 0.25) is 0 Å². The zero-order valence-corrected chi connectivity index (χ0v) is 7.41. The van der Waals surface area contributed by atoms with Crippen molar-refractivity contribution in [2.45, 2.75) is 13.3 Å². The van der Waals surface area contributed by atoms with Crippen molar-refractivity contribution < 1.29 is 0 Å². The van der Waals surface area contributed by atoms with E-state index in [4.69, 9.17) is 11.6 Å². The van der Waals surface area contributed by atoms with Crippen molar-refractivity contribution in [2.75, 3.05) is 0 Å². The monoisotopic (exact) mass is 181 g/mol. The van der Waals surface area contributed by atoms with Gasteiger partial charge in [-0.2, -0.15) is 0 Å². The average molecular weight is 182 g/mol. The van der Waals surface area contributed by atoms with Gasteiger partial charge in [-0.25, -0.2) is 9.97 Å². The van der Waals surface area contributed by atoms with E-state index in [1.165, 1.54) is 0 Å². The molecule has 3 nitrogen and oxygen atoms in total. The summed E-state index contributed by atoms with van der Waals surface area (Å²) in [4.78, 5) is 8.24. The van der Waals surface area contributed by atoms with Gasteiger partial charge in [-0.05, 0) is 6.42 Å². The molecule has 0 saturated heterocycles. The van der Waals surface area contributed by atoms with Gasteiger partial charge in [-0.1, -0.05) is 18.5 Å². The molecule has 0 N–H and O–H groups in total. The zero-order chi connectivity index (χ0) is 8.55. The number of nitrogens with zero attached hydrogens (tertiary/aromatic N) is 3. The Hall–Kier alpha value is -1.09. The van der Waals surface area contributed by atoms with Crippen molar-refractivity contribution in [3.05, 3.63) is 29.4 Å². The first-order valence-corrected chi connectivity index (χ1v) is 4.17. The van der Waals surface area contributed by atoms with Crippen LogP contribution < -0.4 is 0 Å². The Labute approximate surface area is 75.0 Å². The molecule has 0 saturated carbocycles. The molecule has 4 heteroatoms. The minimum absolute atomic E-state index is 0.456. The first-order valence-electron chi connectivity index (χ1n) is 3.79. The minimum atomic E-state index is 0.456. The third kappa shape index (κ3) is 1.06. The lowest BCUT2D eigenvalue weighted by Crippen LogP contribution is -1.84. The van der Waals surface area contributed by atoms with Gasteiger partial charge in [0.05, 0.1) is 5.69 Å². The highest BCUT2D eigenvalue weighted by molar-refractivity contribution is 6.32. The summed E-state index contributed by atoms with van der Waals surface area (Å²) in [6.07, 6.45) is 6.38. The van der Waals surface area contributed by atoms with Crippen LogP contribution in [0.3, 0.4) is 0 Å². The molecule has 0 amide bonds. The van der Waals surface area contributed by atoms with Crippen molar-refractivity contribution in [2.24, 2.45) is 0 Å². The zero-order valence-electron chi connectivity index (χ0n) is 6.66. The maximum atomic E-state index is 5.83. The van der Waals surface area contributed by atoms with Gasteiger partial charge in [-0.3, -0.25) is 0 Å². The van der Waals surface area contributed by atoms with Crippen molar-refractivity contribution in [1.82, 2.24) is 14.4 Å². The summed E-state index contributed by atoms with van der Waals surface area (Å²) in [6.45, 7) is 2.06. The number of rotatable bonds is 1. The highest BCUT2D eigenvalue weighted by Gasteiger charge is 2.02. The molecule has 0 radical (unpaired) electrons. The third-order valence-corrected chi connectivity index (χ3v) is 2.01. The number of imidazole rings is 1. The lowest BCUT2D eigenvalue weighted by atomic mass is 10.4. The molecule has 0 aliphatic carbocycles. The molecule has 2 rings (SSSR count). The van der Waals surface area contributed by atoms with Gasteiger partial charge in [0, 0.05) is 18.6 Å². The maximum Gasteiger partial charge on any atom is 0.175 e. The molecule has 0 aliphatic heterocycles. The number of hydrogen-bond donors (Lipinski definition) is 0.